The van der Waals surface area contributed by atoms with E-state index in [0.717, 1.165) is 62.2 Å². The van der Waals surface area contributed by atoms with Gasteiger partial charge in [0.1, 0.15) is 5.82 Å². The van der Waals surface area contributed by atoms with Crippen LogP contribution in [-0.4, -0.2) is 39.3 Å². The van der Waals surface area contributed by atoms with Crippen LogP contribution >= 0.6 is 0 Å². The number of hydrogen-bond acceptors (Lipinski definition) is 5. The molecule has 3 aromatic rings. The van der Waals surface area contributed by atoms with E-state index in [-0.39, 0.29) is 5.41 Å². The number of hydrogen-bond donors (Lipinski definition) is 0. The Hall–Kier alpha value is -2.63. The van der Waals surface area contributed by atoms with Crippen molar-refractivity contribution >= 4 is 11.3 Å². The summed E-state index contributed by atoms with van der Waals surface area (Å²) in [6.45, 7) is 5.00. The number of ether oxygens (including phenoxy) is 1. The zero-order valence-corrected chi connectivity index (χ0v) is 16.3. The third-order valence-electron chi connectivity index (χ3n) is 6.92. The molecule has 6 nitrogen and oxygen atoms in total. The quantitative estimate of drug-likeness (QED) is 0.703. The van der Waals surface area contributed by atoms with Gasteiger partial charge in [0.2, 0.25) is 5.88 Å². The highest BCUT2D eigenvalue weighted by Gasteiger charge is 2.43. The van der Waals surface area contributed by atoms with E-state index in [1.807, 2.05) is 12.3 Å². The van der Waals surface area contributed by atoms with Gasteiger partial charge in [-0.15, -0.1) is 10.2 Å². The number of fused-ring (bicyclic) bond motifs is 3. The zero-order chi connectivity index (χ0) is 18.7. The first-order valence-electron chi connectivity index (χ1n) is 10.4. The first kappa shape index (κ1) is 16.3. The Kier molecular flexibility index (Phi) is 3.46. The third-order valence-corrected chi connectivity index (χ3v) is 6.92. The van der Waals surface area contributed by atoms with Gasteiger partial charge in [0.15, 0.2) is 5.65 Å². The van der Waals surface area contributed by atoms with Crippen LogP contribution in [0.3, 0.4) is 0 Å². The number of nitrogens with zero attached hydrogens (tertiary/aromatic N) is 5. The van der Waals surface area contributed by atoms with Crippen molar-refractivity contribution in [2.75, 3.05) is 24.6 Å². The van der Waals surface area contributed by atoms with Crippen LogP contribution in [-0.2, 0) is 11.8 Å². The average Bonchev–Trinajstić information content (AvgIpc) is 3.35. The molecule has 2 aliphatic heterocycles. The molecule has 144 valence electrons. The maximum Gasteiger partial charge on any atom is 0.217 e. The van der Waals surface area contributed by atoms with Crippen molar-refractivity contribution in [3.05, 3.63) is 47.5 Å². The van der Waals surface area contributed by atoms with E-state index in [9.17, 15) is 0 Å². The average molecular weight is 375 g/mol. The van der Waals surface area contributed by atoms with Gasteiger partial charge in [-0.25, -0.2) is 4.98 Å². The van der Waals surface area contributed by atoms with Gasteiger partial charge < -0.3 is 9.64 Å². The van der Waals surface area contributed by atoms with Crippen molar-refractivity contribution in [2.24, 2.45) is 5.92 Å². The summed E-state index contributed by atoms with van der Waals surface area (Å²) in [4.78, 5) is 6.91. The second-order valence-corrected chi connectivity index (χ2v) is 8.70. The normalized spacial score (nSPS) is 20.5. The smallest absolute Gasteiger partial charge is 0.217 e. The minimum absolute atomic E-state index is 0.129. The molecular formula is C22H25N5O. The van der Waals surface area contributed by atoms with Crippen LogP contribution < -0.4 is 9.64 Å². The second-order valence-electron chi connectivity index (χ2n) is 8.70. The lowest BCUT2D eigenvalue weighted by atomic mass is 9.75. The second kappa shape index (κ2) is 5.93. The largest absolute Gasteiger partial charge is 0.476 e. The van der Waals surface area contributed by atoms with Crippen molar-refractivity contribution < 1.29 is 4.74 Å². The van der Waals surface area contributed by atoms with Crippen LogP contribution in [0, 0.1) is 12.8 Å². The molecule has 0 bridgehead atoms. The summed E-state index contributed by atoms with van der Waals surface area (Å²) in [5, 5.41) is 8.99. The standard InChI is InChI=1S/C22H25N5O/c1-15-18(6-10-27-19(13-16-4-5-16)24-25-20(15)27)26-11-7-22(8-12-26)14-28-21-17(22)3-2-9-23-21/h2-3,6,9-10,16H,4-5,7-8,11-14H2,1H3. The van der Waals surface area contributed by atoms with Gasteiger partial charge in [-0.3, -0.25) is 4.40 Å². The van der Waals surface area contributed by atoms with Crippen LogP contribution in [0.1, 0.15) is 42.6 Å². The SMILES string of the molecule is Cc1c(N2CCC3(CC2)COc2ncccc23)ccn2c(CC3CC3)nnc12. The Morgan fingerprint density at radius 3 is 2.86 bits per heavy atom. The van der Waals surface area contributed by atoms with Crippen LogP contribution in [0.15, 0.2) is 30.6 Å². The highest BCUT2D eigenvalue weighted by molar-refractivity contribution is 5.65. The van der Waals surface area contributed by atoms with Crippen LogP contribution in [0.4, 0.5) is 5.69 Å². The lowest BCUT2D eigenvalue weighted by Gasteiger charge is -2.40. The molecule has 5 heterocycles. The summed E-state index contributed by atoms with van der Waals surface area (Å²) in [5.41, 5.74) is 4.96. The van der Waals surface area contributed by atoms with E-state index in [4.69, 9.17) is 4.74 Å². The van der Waals surface area contributed by atoms with E-state index in [1.54, 1.807) is 0 Å². The first-order chi connectivity index (χ1) is 13.7. The van der Waals surface area contributed by atoms with Gasteiger partial charge >= 0.3 is 0 Å². The van der Waals surface area contributed by atoms with Crippen molar-refractivity contribution in [3.8, 4) is 5.88 Å². The Morgan fingerprint density at radius 1 is 1.18 bits per heavy atom. The van der Waals surface area contributed by atoms with E-state index in [1.165, 1.54) is 29.7 Å². The molecule has 0 radical (unpaired) electrons. The monoisotopic (exact) mass is 375 g/mol. The van der Waals surface area contributed by atoms with Crippen LogP contribution in [0.25, 0.3) is 5.65 Å². The minimum Gasteiger partial charge on any atom is -0.476 e. The molecule has 1 saturated carbocycles. The fraction of sp³-hybridized carbons (Fsp3) is 0.500. The number of piperidine rings is 1. The van der Waals surface area contributed by atoms with Crippen molar-refractivity contribution in [1.29, 1.82) is 0 Å². The van der Waals surface area contributed by atoms with Crippen molar-refractivity contribution in [1.82, 2.24) is 19.6 Å². The fourth-order valence-electron chi connectivity index (χ4n) is 4.97. The molecule has 2 fully saturated rings. The van der Waals surface area contributed by atoms with Crippen molar-refractivity contribution in [2.45, 2.75) is 44.4 Å². The highest BCUT2D eigenvalue weighted by atomic mass is 16.5. The number of aryl methyl sites for hydroxylation is 1. The summed E-state index contributed by atoms with van der Waals surface area (Å²) < 4.78 is 8.09. The van der Waals surface area contributed by atoms with Gasteiger partial charge in [-0.05, 0) is 50.7 Å². The first-order valence-corrected chi connectivity index (χ1v) is 10.4. The summed E-state index contributed by atoms with van der Waals surface area (Å²) in [5.74, 6) is 2.76. The fourth-order valence-corrected chi connectivity index (χ4v) is 4.97. The lowest BCUT2D eigenvalue weighted by Crippen LogP contribution is -2.44. The molecule has 0 aromatic carbocycles. The topological polar surface area (TPSA) is 55.5 Å². The van der Waals surface area contributed by atoms with E-state index in [2.05, 4.69) is 49.7 Å². The number of rotatable bonds is 3. The molecule has 0 unspecified atom stereocenters. The molecule has 3 aliphatic rings. The van der Waals surface area contributed by atoms with Crippen molar-refractivity contribution in [3.63, 3.8) is 0 Å². The van der Waals surface area contributed by atoms with Crippen LogP contribution in [0.5, 0.6) is 5.88 Å². The Morgan fingerprint density at radius 2 is 2.04 bits per heavy atom. The Bertz CT molecular complexity index is 1050. The summed E-state index contributed by atoms with van der Waals surface area (Å²) in [6, 6.07) is 6.48. The van der Waals surface area contributed by atoms with E-state index in [0.29, 0.717) is 0 Å². The van der Waals surface area contributed by atoms with Gasteiger partial charge in [0.05, 0.1) is 6.61 Å². The Balaban J connectivity index is 1.26. The maximum absolute atomic E-state index is 5.90. The molecule has 28 heavy (non-hydrogen) atoms. The molecule has 1 saturated heterocycles. The molecule has 1 spiro atoms. The number of anilines is 1. The minimum atomic E-state index is 0.129. The number of pyridine rings is 2. The molecule has 3 aromatic heterocycles. The van der Waals surface area contributed by atoms with Gasteiger partial charge in [-0.1, -0.05) is 6.07 Å². The van der Waals surface area contributed by atoms with E-state index >= 15 is 0 Å². The molecule has 6 rings (SSSR count). The molecule has 0 N–H and O–H groups in total. The van der Waals surface area contributed by atoms with Crippen LogP contribution in [0.2, 0.25) is 0 Å². The van der Waals surface area contributed by atoms with Gasteiger partial charge in [-0.2, -0.15) is 0 Å². The van der Waals surface area contributed by atoms with E-state index < -0.39 is 0 Å². The van der Waals surface area contributed by atoms with Gasteiger partial charge in [0.25, 0.3) is 0 Å². The number of aromatic nitrogens is 4. The molecule has 1 aliphatic carbocycles. The molecular weight excluding hydrogens is 350 g/mol. The van der Waals surface area contributed by atoms with Gasteiger partial charge in [0, 0.05) is 54.1 Å². The zero-order valence-electron chi connectivity index (χ0n) is 16.3. The summed E-state index contributed by atoms with van der Waals surface area (Å²) >= 11 is 0. The molecule has 0 atom stereocenters. The Labute approximate surface area is 164 Å². The molecule has 6 heteroatoms. The molecule has 0 amide bonds. The summed E-state index contributed by atoms with van der Waals surface area (Å²) in [7, 11) is 0. The highest BCUT2D eigenvalue weighted by Crippen LogP contribution is 2.45. The predicted octanol–water partition coefficient (Wildman–Crippen LogP) is 3.32. The summed E-state index contributed by atoms with van der Waals surface area (Å²) in [6.07, 6.45) is 9.90. The predicted molar refractivity (Wildman–Crippen MR) is 107 cm³/mol. The maximum atomic E-state index is 5.90. The lowest BCUT2D eigenvalue weighted by molar-refractivity contribution is 0.227. The third kappa shape index (κ3) is 2.43.